The highest BCUT2D eigenvalue weighted by Crippen LogP contribution is 2.37. The van der Waals surface area contributed by atoms with Gasteiger partial charge in [0, 0.05) is 25.6 Å². The van der Waals surface area contributed by atoms with Gasteiger partial charge in [0.15, 0.2) is 0 Å². The zero-order valence-electron chi connectivity index (χ0n) is 12.5. The lowest BCUT2D eigenvalue weighted by Crippen LogP contribution is -2.42. The van der Waals surface area contributed by atoms with Gasteiger partial charge in [-0.1, -0.05) is 6.92 Å². The van der Waals surface area contributed by atoms with Crippen LogP contribution in [0, 0.1) is 11.8 Å². The van der Waals surface area contributed by atoms with Crippen LogP contribution in [0.1, 0.15) is 39.0 Å². The largest absolute Gasteiger partial charge is 0.469 e. The molecule has 1 aliphatic heterocycles. The third kappa shape index (κ3) is 4.20. The first-order chi connectivity index (χ1) is 9.61. The van der Waals surface area contributed by atoms with Gasteiger partial charge in [0.1, 0.15) is 0 Å². The van der Waals surface area contributed by atoms with Crippen LogP contribution in [-0.4, -0.2) is 49.7 Å². The van der Waals surface area contributed by atoms with Gasteiger partial charge < -0.3 is 14.4 Å². The van der Waals surface area contributed by atoms with Gasteiger partial charge >= 0.3 is 5.97 Å². The van der Waals surface area contributed by atoms with Gasteiger partial charge in [-0.05, 0) is 31.6 Å². The molecule has 2 aliphatic rings. The molecule has 1 aliphatic carbocycles. The average Bonchev–Trinajstić information content (AvgIpc) is 3.19. The molecule has 1 saturated carbocycles. The van der Waals surface area contributed by atoms with Crippen LogP contribution in [0.5, 0.6) is 0 Å². The minimum absolute atomic E-state index is 0.0639. The van der Waals surface area contributed by atoms with Crippen molar-refractivity contribution in [2.75, 3.05) is 26.8 Å². The molecule has 1 saturated heterocycles. The Bertz CT molecular complexity index is 348. The Morgan fingerprint density at radius 3 is 2.65 bits per heavy atom. The Morgan fingerprint density at radius 1 is 1.35 bits per heavy atom. The van der Waals surface area contributed by atoms with Gasteiger partial charge in [-0.3, -0.25) is 9.59 Å². The maximum absolute atomic E-state index is 12.5. The van der Waals surface area contributed by atoms with Crippen molar-refractivity contribution in [3.05, 3.63) is 0 Å². The number of methoxy groups -OCH3 is 1. The van der Waals surface area contributed by atoms with Gasteiger partial charge in [-0.2, -0.15) is 0 Å². The molecule has 2 unspecified atom stereocenters. The molecule has 0 spiro atoms. The Kier molecular flexibility index (Phi) is 5.40. The summed E-state index contributed by atoms with van der Waals surface area (Å²) in [6.45, 7) is 3.82. The Morgan fingerprint density at radius 2 is 2.10 bits per heavy atom. The zero-order valence-corrected chi connectivity index (χ0v) is 12.5. The standard InChI is InChI=1S/C15H25NO4/c1-11(12-5-6-12)15(18)16(8-7-14(17)19-2)10-13-4-3-9-20-13/h11-13H,3-10H2,1-2H3. The van der Waals surface area contributed by atoms with E-state index in [0.29, 0.717) is 19.0 Å². The molecule has 2 atom stereocenters. The summed E-state index contributed by atoms with van der Waals surface area (Å²) in [5, 5.41) is 0. The smallest absolute Gasteiger partial charge is 0.307 e. The highest BCUT2D eigenvalue weighted by Gasteiger charge is 2.35. The first-order valence-corrected chi connectivity index (χ1v) is 7.59. The lowest BCUT2D eigenvalue weighted by molar-refractivity contribution is -0.143. The van der Waals surface area contributed by atoms with E-state index in [1.807, 2.05) is 6.92 Å². The van der Waals surface area contributed by atoms with Crippen molar-refractivity contribution in [3.63, 3.8) is 0 Å². The second-order valence-electron chi connectivity index (χ2n) is 5.87. The monoisotopic (exact) mass is 283 g/mol. The van der Waals surface area contributed by atoms with Crippen LogP contribution in [0.2, 0.25) is 0 Å². The summed E-state index contributed by atoms with van der Waals surface area (Å²) in [5.41, 5.74) is 0. The van der Waals surface area contributed by atoms with Gasteiger partial charge in [0.2, 0.25) is 5.91 Å². The summed E-state index contributed by atoms with van der Waals surface area (Å²) in [4.78, 5) is 25.6. The molecule has 2 fully saturated rings. The quantitative estimate of drug-likeness (QED) is 0.666. The van der Waals surface area contributed by atoms with Crippen LogP contribution in [0.3, 0.4) is 0 Å². The molecule has 0 aromatic carbocycles. The van der Waals surface area contributed by atoms with E-state index in [2.05, 4.69) is 4.74 Å². The highest BCUT2D eigenvalue weighted by atomic mass is 16.5. The van der Waals surface area contributed by atoms with Gasteiger partial charge in [-0.15, -0.1) is 0 Å². The van der Waals surface area contributed by atoms with Crippen molar-refractivity contribution in [2.45, 2.75) is 45.1 Å². The molecule has 0 bridgehead atoms. The molecule has 20 heavy (non-hydrogen) atoms. The molecule has 114 valence electrons. The Hall–Kier alpha value is -1.10. The zero-order chi connectivity index (χ0) is 14.5. The fraction of sp³-hybridized carbons (Fsp3) is 0.867. The molecule has 0 N–H and O–H groups in total. The van der Waals surface area contributed by atoms with Crippen molar-refractivity contribution in [3.8, 4) is 0 Å². The van der Waals surface area contributed by atoms with Crippen LogP contribution in [0.15, 0.2) is 0 Å². The summed E-state index contributed by atoms with van der Waals surface area (Å²) in [6, 6.07) is 0. The second kappa shape index (κ2) is 7.07. The maximum Gasteiger partial charge on any atom is 0.307 e. The number of hydrogen-bond donors (Lipinski definition) is 0. The minimum atomic E-state index is -0.269. The summed E-state index contributed by atoms with van der Waals surface area (Å²) >= 11 is 0. The fourth-order valence-corrected chi connectivity index (χ4v) is 2.74. The summed E-state index contributed by atoms with van der Waals surface area (Å²) in [6.07, 6.45) is 4.74. The van der Waals surface area contributed by atoms with E-state index in [4.69, 9.17) is 4.74 Å². The molecule has 1 amide bonds. The van der Waals surface area contributed by atoms with Crippen LogP contribution in [0.25, 0.3) is 0 Å². The van der Waals surface area contributed by atoms with E-state index in [9.17, 15) is 9.59 Å². The first-order valence-electron chi connectivity index (χ1n) is 7.59. The number of nitrogens with zero attached hydrogens (tertiary/aromatic N) is 1. The second-order valence-corrected chi connectivity index (χ2v) is 5.87. The number of carbonyl (C=O) groups excluding carboxylic acids is 2. The third-order valence-corrected chi connectivity index (χ3v) is 4.29. The van der Waals surface area contributed by atoms with Crippen LogP contribution < -0.4 is 0 Å². The normalized spacial score (nSPS) is 23.4. The molecule has 0 radical (unpaired) electrons. The summed E-state index contributed by atoms with van der Waals surface area (Å²) in [7, 11) is 1.38. The van der Waals surface area contributed by atoms with Crippen LogP contribution in [0.4, 0.5) is 0 Å². The molecule has 0 aromatic heterocycles. The van der Waals surface area contributed by atoms with Crippen molar-refractivity contribution in [2.24, 2.45) is 11.8 Å². The number of carbonyl (C=O) groups is 2. The molecule has 0 aromatic rings. The molecule has 5 heteroatoms. The van der Waals surface area contributed by atoms with E-state index in [1.54, 1.807) is 4.90 Å². The van der Waals surface area contributed by atoms with E-state index >= 15 is 0 Å². The van der Waals surface area contributed by atoms with Crippen molar-refractivity contribution in [1.29, 1.82) is 0 Å². The maximum atomic E-state index is 12.5. The van der Waals surface area contributed by atoms with Crippen LogP contribution >= 0.6 is 0 Å². The van der Waals surface area contributed by atoms with Gasteiger partial charge in [-0.25, -0.2) is 0 Å². The molecule has 1 heterocycles. The first kappa shape index (κ1) is 15.3. The van der Waals surface area contributed by atoms with E-state index in [1.165, 1.54) is 7.11 Å². The lowest BCUT2D eigenvalue weighted by Gasteiger charge is -2.27. The van der Waals surface area contributed by atoms with Gasteiger partial charge in [0.05, 0.1) is 19.6 Å². The number of amides is 1. The topological polar surface area (TPSA) is 55.8 Å². The van der Waals surface area contributed by atoms with E-state index in [0.717, 1.165) is 32.3 Å². The molecule has 5 nitrogen and oxygen atoms in total. The predicted octanol–water partition coefficient (Wildman–Crippen LogP) is 1.60. The predicted molar refractivity (Wildman–Crippen MR) is 74.1 cm³/mol. The number of hydrogen-bond acceptors (Lipinski definition) is 4. The molecular weight excluding hydrogens is 258 g/mol. The van der Waals surface area contributed by atoms with Gasteiger partial charge in [0.25, 0.3) is 0 Å². The molecular formula is C15H25NO4. The summed E-state index contributed by atoms with van der Waals surface area (Å²) in [5.74, 6) is 0.489. The Labute approximate surface area is 120 Å². The minimum Gasteiger partial charge on any atom is -0.469 e. The van der Waals surface area contributed by atoms with Crippen molar-refractivity contribution < 1.29 is 19.1 Å². The SMILES string of the molecule is COC(=O)CCN(CC1CCCO1)C(=O)C(C)C1CC1. The third-order valence-electron chi connectivity index (χ3n) is 4.29. The number of ether oxygens (including phenoxy) is 2. The van der Waals surface area contributed by atoms with Crippen LogP contribution in [-0.2, 0) is 19.1 Å². The highest BCUT2D eigenvalue weighted by molar-refractivity contribution is 5.80. The van der Waals surface area contributed by atoms with E-state index < -0.39 is 0 Å². The lowest BCUT2D eigenvalue weighted by atomic mass is 10.0. The summed E-state index contributed by atoms with van der Waals surface area (Å²) < 4.78 is 10.3. The Balaban J connectivity index is 1.90. The van der Waals surface area contributed by atoms with E-state index in [-0.39, 0.29) is 30.3 Å². The van der Waals surface area contributed by atoms with Crippen molar-refractivity contribution in [1.82, 2.24) is 4.90 Å². The van der Waals surface area contributed by atoms with Crippen molar-refractivity contribution >= 4 is 11.9 Å². The molecule has 2 rings (SSSR count). The number of rotatable bonds is 7. The fourth-order valence-electron chi connectivity index (χ4n) is 2.74. The number of esters is 1. The average molecular weight is 283 g/mol.